The largest absolute Gasteiger partial charge is 0.369 e. The summed E-state index contributed by atoms with van der Waals surface area (Å²) < 4.78 is 1.87. The van der Waals surface area contributed by atoms with E-state index in [2.05, 4.69) is 44.6 Å². The zero-order valence-corrected chi connectivity index (χ0v) is 14.1. The Hall–Kier alpha value is -3.21. The molecule has 0 saturated heterocycles. The van der Waals surface area contributed by atoms with Gasteiger partial charge in [0.1, 0.15) is 12.1 Å². The zero-order chi connectivity index (χ0) is 17.1. The molecule has 5 nitrogen and oxygen atoms in total. The summed E-state index contributed by atoms with van der Waals surface area (Å²) in [6.45, 7) is 2.81. The topological polar surface area (TPSA) is 55.6 Å². The second-order valence-electron chi connectivity index (χ2n) is 5.92. The molecule has 2 aromatic heterocycles. The summed E-state index contributed by atoms with van der Waals surface area (Å²) in [5.74, 6) is 0.834. The van der Waals surface area contributed by atoms with Crippen LogP contribution in [0.3, 0.4) is 0 Å². The Labute approximate surface area is 146 Å². The Balaban J connectivity index is 1.63. The fraction of sp³-hybridized carbons (Fsp3) is 0.150. The van der Waals surface area contributed by atoms with Crippen molar-refractivity contribution in [1.82, 2.24) is 19.7 Å². The number of benzene rings is 2. The van der Waals surface area contributed by atoms with Crippen molar-refractivity contribution in [2.24, 2.45) is 0 Å². The number of hydrogen-bond acceptors (Lipinski definition) is 4. The van der Waals surface area contributed by atoms with E-state index in [0.29, 0.717) is 0 Å². The molecule has 0 fully saturated rings. The van der Waals surface area contributed by atoms with Crippen LogP contribution in [0.4, 0.5) is 5.82 Å². The van der Waals surface area contributed by atoms with E-state index in [0.717, 1.165) is 41.2 Å². The molecular formula is C20H19N5. The van der Waals surface area contributed by atoms with Gasteiger partial charge in [-0.15, -0.1) is 0 Å². The molecule has 124 valence electrons. The summed E-state index contributed by atoms with van der Waals surface area (Å²) in [4.78, 5) is 8.88. The van der Waals surface area contributed by atoms with Gasteiger partial charge in [-0.2, -0.15) is 5.10 Å². The molecule has 4 rings (SSSR count). The first-order valence-corrected chi connectivity index (χ1v) is 8.36. The van der Waals surface area contributed by atoms with Crippen LogP contribution in [0.2, 0.25) is 0 Å². The molecule has 2 heterocycles. The zero-order valence-electron chi connectivity index (χ0n) is 14.1. The SMILES string of the molecule is Cc1nn(-c2ccccc2)c2ncnc(NCCc3ccccc3)c12. The van der Waals surface area contributed by atoms with E-state index in [4.69, 9.17) is 0 Å². The number of nitrogens with one attached hydrogen (secondary N) is 1. The van der Waals surface area contributed by atoms with E-state index < -0.39 is 0 Å². The average Bonchev–Trinajstić information content (AvgIpc) is 3.01. The Morgan fingerprint density at radius 1 is 0.920 bits per heavy atom. The van der Waals surface area contributed by atoms with E-state index >= 15 is 0 Å². The monoisotopic (exact) mass is 329 g/mol. The van der Waals surface area contributed by atoms with Crippen molar-refractivity contribution in [1.29, 1.82) is 0 Å². The van der Waals surface area contributed by atoms with Crippen molar-refractivity contribution in [3.05, 3.63) is 78.2 Å². The molecule has 5 heteroatoms. The Morgan fingerprint density at radius 2 is 1.64 bits per heavy atom. The van der Waals surface area contributed by atoms with Gasteiger partial charge in [-0.1, -0.05) is 48.5 Å². The van der Waals surface area contributed by atoms with Gasteiger partial charge in [-0.05, 0) is 31.0 Å². The third kappa shape index (κ3) is 3.08. The van der Waals surface area contributed by atoms with Crippen LogP contribution in [0.25, 0.3) is 16.7 Å². The average molecular weight is 329 g/mol. The minimum atomic E-state index is 0.812. The highest BCUT2D eigenvalue weighted by Crippen LogP contribution is 2.25. The van der Waals surface area contributed by atoms with E-state index in [1.165, 1.54) is 5.56 Å². The fourth-order valence-corrected chi connectivity index (χ4v) is 2.97. The molecule has 25 heavy (non-hydrogen) atoms. The Morgan fingerprint density at radius 3 is 2.40 bits per heavy atom. The van der Waals surface area contributed by atoms with Crippen molar-refractivity contribution in [3.63, 3.8) is 0 Å². The van der Waals surface area contributed by atoms with Crippen molar-refractivity contribution < 1.29 is 0 Å². The molecule has 0 aliphatic carbocycles. The van der Waals surface area contributed by atoms with Crippen LogP contribution in [-0.4, -0.2) is 26.3 Å². The van der Waals surface area contributed by atoms with Gasteiger partial charge >= 0.3 is 0 Å². The van der Waals surface area contributed by atoms with Crippen molar-refractivity contribution >= 4 is 16.9 Å². The third-order valence-electron chi connectivity index (χ3n) is 4.19. The van der Waals surface area contributed by atoms with Gasteiger partial charge in [0, 0.05) is 6.54 Å². The quantitative estimate of drug-likeness (QED) is 0.605. The second kappa shape index (κ2) is 6.73. The molecule has 0 aliphatic rings. The number of nitrogens with zero attached hydrogens (tertiary/aromatic N) is 4. The van der Waals surface area contributed by atoms with Crippen LogP contribution < -0.4 is 5.32 Å². The molecular weight excluding hydrogens is 310 g/mol. The lowest BCUT2D eigenvalue weighted by Crippen LogP contribution is -2.07. The van der Waals surface area contributed by atoms with Gasteiger partial charge in [0.05, 0.1) is 16.8 Å². The highest BCUT2D eigenvalue weighted by molar-refractivity contribution is 5.90. The Kier molecular flexibility index (Phi) is 4.12. The summed E-state index contributed by atoms with van der Waals surface area (Å²) in [5.41, 5.74) is 4.04. The Bertz CT molecular complexity index is 977. The van der Waals surface area contributed by atoms with Gasteiger partial charge in [-0.3, -0.25) is 0 Å². The van der Waals surface area contributed by atoms with Crippen LogP contribution in [0.1, 0.15) is 11.3 Å². The molecule has 0 saturated carbocycles. The van der Waals surface area contributed by atoms with Gasteiger partial charge in [0.25, 0.3) is 0 Å². The van der Waals surface area contributed by atoms with E-state index in [1.54, 1.807) is 6.33 Å². The molecule has 0 spiro atoms. The number of aromatic nitrogens is 4. The minimum absolute atomic E-state index is 0.812. The molecule has 0 atom stereocenters. The maximum atomic E-state index is 4.66. The fourth-order valence-electron chi connectivity index (χ4n) is 2.97. The van der Waals surface area contributed by atoms with Crippen LogP contribution in [-0.2, 0) is 6.42 Å². The number of para-hydroxylation sites is 1. The molecule has 0 amide bonds. The highest BCUT2D eigenvalue weighted by Gasteiger charge is 2.14. The highest BCUT2D eigenvalue weighted by atomic mass is 15.3. The van der Waals surface area contributed by atoms with Gasteiger partial charge in [-0.25, -0.2) is 14.6 Å². The summed E-state index contributed by atoms with van der Waals surface area (Å²) in [6.07, 6.45) is 2.53. The maximum absolute atomic E-state index is 4.66. The van der Waals surface area contributed by atoms with E-state index in [-0.39, 0.29) is 0 Å². The predicted octanol–water partition coefficient (Wildman–Crippen LogP) is 3.78. The number of hydrogen-bond donors (Lipinski definition) is 1. The normalized spacial score (nSPS) is 10.9. The van der Waals surface area contributed by atoms with Gasteiger partial charge in [0.2, 0.25) is 0 Å². The first-order chi connectivity index (χ1) is 12.3. The lowest BCUT2D eigenvalue weighted by Gasteiger charge is -2.07. The van der Waals surface area contributed by atoms with Gasteiger partial charge < -0.3 is 5.32 Å². The molecule has 0 unspecified atom stereocenters. The maximum Gasteiger partial charge on any atom is 0.168 e. The predicted molar refractivity (Wildman–Crippen MR) is 100 cm³/mol. The standard InChI is InChI=1S/C20H19N5/c1-15-18-19(21-13-12-16-8-4-2-5-9-16)22-14-23-20(18)25(24-15)17-10-6-3-7-11-17/h2-11,14H,12-13H2,1H3,(H,21,22,23). The molecule has 0 aliphatic heterocycles. The first-order valence-electron chi connectivity index (χ1n) is 8.36. The van der Waals surface area contributed by atoms with Crippen molar-refractivity contribution in [3.8, 4) is 5.69 Å². The lowest BCUT2D eigenvalue weighted by atomic mass is 10.1. The number of rotatable bonds is 5. The summed E-state index contributed by atoms with van der Waals surface area (Å²) in [5, 5.41) is 9.07. The van der Waals surface area contributed by atoms with Crippen LogP contribution >= 0.6 is 0 Å². The molecule has 2 aromatic carbocycles. The van der Waals surface area contributed by atoms with Gasteiger partial charge in [0.15, 0.2) is 5.65 Å². The number of fused-ring (bicyclic) bond motifs is 1. The second-order valence-corrected chi connectivity index (χ2v) is 5.92. The third-order valence-corrected chi connectivity index (χ3v) is 4.19. The van der Waals surface area contributed by atoms with E-state index in [1.807, 2.05) is 48.0 Å². The van der Waals surface area contributed by atoms with Crippen molar-refractivity contribution in [2.75, 3.05) is 11.9 Å². The van der Waals surface area contributed by atoms with Crippen LogP contribution in [0, 0.1) is 6.92 Å². The minimum Gasteiger partial charge on any atom is -0.369 e. The van der Waals surface area contributed by atoms with E-state index in [9.17, 15) is 0 Å². The number of anilines is 1. The summed E-state index contributed by atoms with van der Waals surface area (Å²) in [7, 11) is 0. The van der Waals surface area contributed by atoms with Crippen LogP contribution in [0.5, 0.6) is 0 Å². The van der Waals surface area contributed by atoms with Crippen LogP contribution in [0.15, 0.2) is 67.0 Å². The molecule has 1 N–H and O–H groups in total. The van der Waals surface area contributed by atoms with Crippen molar-refractivity contribution in [2.45, 2.75) is 13.3 Å². The summed E-state index contributed by atoms with van der Waals surface area (Å²) >= 11 is 0. The number of aryl methyl sites for hydroxylation is 1. The molecule has 4 aromatic rings. The first kappa shape index (κ1) is 15.3. The summed E-state index contributed by atoms with van der Waals surface area (Å²) in [6, 6.07) is 20.5. The lowest BCUT2D eigenvalue weighted by molar-refractivity contribution is 0.876. The molecule has 0 radical (unpaired) electrons. The smallest absolute Gasteiger partial charge is 0.168 e. The molecule has 0 bridgehead atoms.